The molecule has 112 valence electrons. The highest BCUT2D eigenvalue weighted by atomic mass is 32.2. The van der Waals surface area contributed by atoms with Gasteiger partial charge in [0.2, 0.25) is 0 Å². The molecule has 0 aromatic carbocycles. The monoisotopic (exact) mass is 310 g/mol. The third-order valence-electron chi connectivity index (χ3n) is 1.69. The first-order chi connectivity index (χ1) is 8.56. The van der Waals surface area contributed by atoms with Crippen LogP contribution in [0.4, 0.5) is 26.3 Å². The van der Waals surface area contributed by atoms with Crippen molar-refractivity contribution in [3.05, 3.63) is 11.2 Å². The SMILES string of the molecule is CCCC/C(=C\SCC(F)(F)F)OC(=O)C(F)(F)F. The quantitative estimate of drug-likeness (QED) is 0.413. The summed E-state index contributed by atoms with van der Waals surface area (Å²) in [6, 6.07) is 0. The van der Waals surface area contributed by atoms with Gasteiger partial charge >= 0.3 is 18.3 Å². The Balaban J connectivity index is 4.54. The Labute approximate surface area is 110 Å². The van der Waals surface area contributed by atoms with Crippen molar-refractivity contribution in [1.82, 2.24) is 0 Å². The summed E-state index contributed by atoms with van der Waals surface area (Å²) in [7, 11) is 0. The van der Waals surface area contributed by atoms with Gasteiger partial charge in [0.05, 0.1) is 5.75 Å². The van der Waals surface area contributed by atoms with Crippen LogP contribution < -0.4 is 0 Å². The zero-order valence-corrected chi connectivity index (χ0v) is 10.7. The Morgan fingerprint density at radius 1 is 1.21 bits per heavy atom. The molecule has 0 aromatic rings. The second-order valence-corrected chi connectivity index (χ2v) is 4.36. The lowest BCUT2D eigenvalue weighted by Gasteiger charge is -2.10. The fraction of sp³-hybridized carbons (Fsp3) is 0.700. The summed E-state index contributed by atoms with van der Waals surface area (Å²) in [6.07, 6.45) is -8.62. The van der Waals surface area contributed by atoms with E-state index in [1.54, 1.807) is 6.92 Å². The second kappa shape index (κ2) is 7.66. The van der Waals surface area contributed by atoms with Gasteiger partial charge in [-0.1, -0.05) is 13.3 Å². The van der Waals surface area contributed by atoms with Crippen LogP contribution in [-0.2, 0) is 9.53 Å². The Bertz CT molecular complexity index is 321. The normalized spacial score (nSPS) is 13.5. The van der Waals surface area contributed by atoms with E-state index in [0.717, 1.165) is 5.41 Å². The molecule has 0 N–H and O–H groups in total. The zero-order chi connectivity index (χ0) is 15.1. The first-order valence-corrected chi connectivity index (χ1v) is 6.27. The van der Waals surface area contributed by atoms with Gasteiger partial charge in [-0.25, -0.2) is 4.79 Å². The molecule has 0 aliphatic carbocycles. The predicted octanol–water partition coefficient (Wildman–Crippen LogP) is 4.42. The number of carbonyl (C=O) groups excluding carboxylic acids is 1. The van der Waals surface area contributed by atoms with Crippen molar-refractivity contribution < 1.29 is 35.9 Å². The summed E-state index contributed by atoms with van der Waals surface area (Å²) in [4.78, 5) is 10.6. The van der Waals surface area contributed by atoms with Crippen molar-refractivity contribution in [1.29, 1.82) is 0 Å². The summed E-state index contributed by atoms with van der Waals surface area (Å²) in [5.74, 6) is -4.09. The van der Waals surface area contributed by atoms with E-state index in [2.05, 4.69) is 4.74 Å². The Morgan fingerprint density at radius 2 is 1.79 bits per heavy atom. The molecule has 0 aromatic heterocycles. The van der Waals surface area contributed by atoms with Crippen LogP contribution in [0.3, 0.4) is 0 Å². The van der Waals surface area contributed by atoms with Crippen LogP contribution in [-0.4, -0.2) is 24.1 Å². The lowest BCUT2D eigenvalue weighted by atomic mass is 10.2. The van der Waals surface area contributed by atoms with Gasteiger partial charge in [-0.05, 0) is 6.42 Å². The smallest absolute Gasteiger partial charge is 0.424 e. The molecule has 0 saturated carbocycles. The number of rotatable bonds is 6. The Morgan fingerprint density at radius 3 is 2.21 bits per heavy atom. The molecule has 9 heteroatoms. The molecule has 19 heavy (non-hydrogen) atoms. The maximum Gasteiger partial charge on any atom is 0.491 e. The average Bonchev–Trinajstić information content (AvgIpc) is 2.22. The third kappa shape index (κ3) is 9.69. The molecule has 0 fully saturated rings. The van der Waals surface area contributed by atoms with Gasteiger partial charge in [0, 0.05) is 11.8 Å². The summed E-state index contributed by atoms with van der Waals surface area (Å²) in [5.41, 5.74) is 0. The number of allylic oxidation sites excluding steroid dienone is 1. The van der Waals surface area contributed by atoms with E-state index in [1.807, 2.05) is 0 Å². The lowest BCUT2D eigenvalue weighted by Crippen LogP contribution is -2.25. The van der Waals surface area contributed by atoms with E-state index < -0.39 is 29.8 Å². The Hall–Kier alpha value is -0.860. The van der Waals surface area contributed by atoms with Gasteiger partial charge in [-0.2, -0.15) is 26.3 Å². The molecule has 0 aliphatic rings. The zero-order valence-electron chi connectivity index (χ0n) is 9.90. The molecule has 0 amide bonds. The minimum Gasteiger partial charge on any atom is -0.424 e. The van der Waals surface area contributed by atoms with Gasteiger partial charge in [-0.15, -0.1) is 11.8 Å². The second-order valence-electron chi connectivity index (χ2n) is 3.50. The number of unbranched alkanes of at least 4 members (excludes halogenated alkanes) is 1. The van der Waals surface area contributed by atoms with E-state index in [-0.39, 0.29) is 18.2 Å². The van der Waals surface area contributed by atoms with E-state index >= 15 is 0 Å². The van der Waals surface area contributed by atoms with Gasteiger partial charge in [-0.3, -0.25) is 0 Å². The number of ether oxygens (including phenoxy) is 1. The molecule has 0 unspecified atom stereocenters. The van der Waals surface area contributed by atoms with E-state index in [1.165, 1.54) is 0 Å². The van der Waals surface area contributed by atoms with Crippen molar-refractivity contribution in [2.75, 3.05) is 5.75 Å². The summed E-state index contributed by atoms with van der Waals surface area (Å²) >= 11 is 0.240. The van der Waals surface area contributed by atoms with E-state index in [9.17, 15) is 31.1 Å². The van der Waals surface area contributed by atoms with Crippen LogP contribution in [0.2, 0.25) is 0 Å². The molecule has 0 rings (SSSR count). The largest absolute Gasteiger partial charge is 0.491 e. The first kappa shape index (κ1) is 18.1. The van der Waals surface area contributed by atoms with Gasteiger partial charge in [0.1, 0.15) is 5.76 Å². The molecule has 0 heterocycles. The minimum atomic E-state index is -5.17. The Kier molecular flexibility index (Phi) is 7.32. The van der Waals surface area contributed by atoms with Gasteiger partial charge in [0.15, 0.2) is 0 Å². The van der Waals surface area contributed by atoms with Crippen molar-refractivity contribution in [2.45, 2.75) is 38.5 Å². The summed E-state index contributed by atoms with van der Waals surface area (Å²) < 4.78 is 75.5. The van der Waals surface area contributed by atoms with Crippen molar-refractivity contribution in [3.8, 4) is 0 Å². The highest BCUT2D eigenvalue weighted by Crippen LogP contribution is 2.25. The number of hydrogen-bond acceptors (Lipinski definition) is 3. The highest BCUT2D eigenvalue weighted by molar-refractivity contribution is 8.02. The number of thioether (sulfide) groups is 1. The molecule has 0 atom stereocenters. The van der Waals surface area contributed by atoms with E-state index in [4.69, 9.17) is 0 Å². The van der Waals surface area contributed by atoms with Crippen LogP contribution in [0, 0.1) is 0 Å². The number of alkyl halides is 6. The van der Waals surface area contributed by atoms with Crippen LogP contribution in [0.25, 0.3) is 0 Å². The lowest BCUT2D eigenvalue weighted by molar-refractivity contribution is -0.195. The number of hydrogen-bond donors (Lipinski definition) is 0. The topological polar surface area (TPSA) is 26.3 Å². The number of esters is 1. The fourth-order valence-electron chi connectivity index (χ4n) is 0.891. The molecule has 2 nitrogen and oxygen atoms in total. The fourth-order valence-corrected chi connectivity index (χ4v) is 1.52. The van der Waals surface area contributed by atoms with Crippen LogP contribution in [0.15, 0.2) is 11.2 Å². The first-order valence-electron chi connectivity index (χ1n) is 5.22. The predicted molar refractivity (Wildman–Crippen MR) is 58.3 cm³/mol. The number of carbonyl (C=O) groups is 1. The van der Waals surface area contributed by atoms with Crippen molar-refractivity contribution in [3.63, 3.8) is 0 Å². The van der Waals surface area contributed by atoms with Crippen LogP contribution >= 0.6 is 11.8 Å². The molecular weight excluding hydrogens is 298 g/mol. The van der Waals surface area contributed by atoms with Crippen molar-refractivity contribution >= 4 is 17.7 Å². The van der Waals surface area contributed by atoms with Gasteiger partial charge in [0.25, 0.3) is 0 Å². The molecule has 0 saturated heterocycles. The van der Waals surface area contributed by atoms with Crippen LogP contribution in [0.1, 0.15) is 26.2 Å². The minimum absolute atomic E-state index is 0.0246. The highest BCUT2D eigenvalue weighted by Gasteiger charge is 2.41. The molecule has 0 radical (unpaired) electrons. The summed E-state index contributed by atoms with van der Waals surface area (Å²) in [5, 5.41) is 0.798. The van der Waals surface area contributed by atoms with Gasteiger partial charge < -0.3 is 4.74 Å². The average molecular weight is 310 g/mol. The van der Waals surface area contributed by atoms with E-state index in [0.29, 0.717) is 12.8 Å². The third-order valence-corrected chi connectivity index (χ3v) is 2.62. The maximum absolute atomic E-state index is 12.0. The van der Waals surface area contributed by atoms with Crippen LogP contribution in [0.5, 0.6) is 0 Å². The number of halogens is 6. The molecule has 0 spiro atoms. The molecule has 0 aliphatic heterocycles. The summed E-state index contributed by atoms with van der Waals surface area (Å²) in [6.45, 7) is 1.74. The molecule has 0 bridgehead atoms. The maximum atomic E-state index is 12.0. The standard InChI is InChI=1S/C10H12F6O2S/c1-2-3-4-7(5-19-6-9(11,12)13)18-8(17)10(14,15)16/h5H,2-4,6H2,1H3/b7-5+. The molecular formula is C10H12F6O2S. The van der Waals surface area contributed by atoms with Crippen molar-refractivity contribution in [2.24, 2.45) is 0 Å².